The van der Waals surface area contributed by atoms with Crippen molar-refractivity contribution in [3.8, 4) is 5.75 Å². The molecule has 0 aliphatic carbocycles. The zero-order chi connectivity index (χ0) is 16.0. The van der Waals surface area contributed by atoms with Crippen molar-refractivity contribution >= 4 is 6.09 Å². The summed E-state index contributed by atoms with van der Waals surface area (Å²) in [5.74, 6) is -0.603. The van der Waals surface area contributed by atoms with Gasteiger partial charge in [-0.15, -0.1) is 13.2 Å². The number of hydrogen-bond acceptors (Lipinski definition) is 3. The minimum absolute atomic E-state index is 0.0141. The molecular formula is C11H10F5NO4. The van der Waals surface area contributed by atoms with Gasteiger partial charge in [-0.1, -0.05) is 12.1 Å². The summed E-state index contributed by atoms with van der Waals surface area (Å²) in [6.07, 6.45) is -6.46. The molecule has 0 saturated carbocycles. The lowest BCUT2D eigenvalue weighted by atomic mass is 10.1. The molecule has 21 heavy (non-hydrogen) atoms. The molecule has 1 unspecified atom stereocenters. The van der Waals surface area contributed by atoms with Crippen LogP contribution in [0.25, 0.3) is 0 Å². The Balaban J connectivity index is 2.90. The van der Waals surface area contributed by atoms with E-state index >= 15 is 0 Å². The fraction of sp³-hybridized carbons (Fsp3) is 0.364. The minimum atomic E-state index is -4.92. The zero-order valence-electron chi connectivity index (χ0n) is 10.2. The number of hydrogen-bond donors (Lipinski definition) is 2. The molecule has 118 valence electrons. The summed E-state index contributed by atoms with van der Waals surface area (Å²) in [6, 6.07) is 3.01. The minimum Gasteiger partial charge on any atom is -0.465 e. The Hall–Kier alpha value is -2.10. The lowest BCUT2D eigenvalue weighted by Crippen LogP contribution is -2.30. The molecule has 0 aliphatic heterocycles. The first kappa shape index (κ1) is 17.0. The van der Waals surface area contributed by atoms with Crippen LogP contribution in [0.15, 0.2) is 24.3 Å². The van der Waals surface area contributed by atoms with Crippen LogP contribution in [0.3, 0.4) is 0 Å². The molecule has 1 aromatic carbocycles. The van der Waals surface area contributed by atoms with E-state index in [1.165, 1.54) is 6.07 Å². The van der Waals surface area contributed by atoms with E-state index < -0.39 is 37.5 Å². The first-order valence-corrected chi connectivity index (χ1v) is 5.42. The summed E-state index contributed by atoms with van der Waals surface area (Å²) in [5, 5.41) is 10.5. The molecule has 1 amide bonds. The monoisotopic (exact) mass is 315 g/mol. The van der Waals surface area contributed by atoms with Crippen molar-refractivity contribution in [2.24, 2.45) is 0 Å². The van der Waals surface area contributed by atoms with E-state index in [-0.39, 0.29) is 5.56 Å². The van der Waals surface area contributed by atoms with E-state index in [1.807, 2.05) is 5.32 Å². The Bertz CT molecular complexity index is 480. The maximum Gasteiger partial charge on any atom is 0.573 e. The van der Waals surface area contributed by atoms with Crippen molar-refractivity contribution in [1.29, 1.82) is 0 Å². The lowest BCUT2D eigenvalue weighted by molar-refractivity contribution is -0.274. The topological polar surface area (TPSA) is 67.8 Å². The van der Waals surface area contributed by atoms with Gasteiger partial charge in [-0.25, -0.2) is 4.79 Å². The third kappa shape index (κ3) is 6.75. The molecule has 1 atom stereocenters. The van der Waals surface area contributed by atoms with Crippen molar-refractivity contribution in [3.05, 3.63) is 29.8 Å². The van der Waals surface area contributed by atoms with Crippen molar-refractivity contribution in [2.45, 2.75) is 19.0 Å². The molecule has 0 fully saturated rings. The molecule has 10 heteroatoms. The van der Waals surface area contributed by atoms with Crippen LogP contribution in [0, 0.1) is 0 Å². The van der Waals surface area contributed by atoms with Gasteiger partial charge < -0.3 is 19.9 Å². The molecule has 0 aromatic heterocycles. The maximum atomic E-state index is 12.1. The quantitative estimate of drug-likeness (QED) is 0.792. The molecular weight excluding hydrogens is 305 g/mol. The van der Waals surface area contributed by atoms with E-state index in [1.54, 1.807) is 0 Å². The van der Waals surface area contributed by atoms with Crippen LogP contribution >= 0.6 is 0 Å². The normalized spacial score (nSPS) is 13.0. The summed E-state index contributed by atoms with van der Waals surface area (Å²) in [4.78, 5) is 10.6. The first-order chi connectivity index (χ1) is 9.67. The third-order valence-electron chi connectivity index (χ3n) is 2.18. The maximum absolute atomic E-state index is 12.1. The fourth-order valence-electron chi connectivity index (χ4n) is 1.47. The summed E-state index contributed by atoms with van der Waals surface area (Å²) >= 11 is 0. The second-order valence-electron chi connectivity index (χ2n) is 3.72. The molecule has 0 aliphatic rings. The van der Waals surface area contributed by atoms with Gasteiger partial charge in [0.25, 0.3) is 0 Å². The molecule has 5 nitrogen and oxygen atoms in total. The Morgan fingerprint density at radius 3 is 2.52 bits per heavy atom. The highest BCUT2D eigenvalue weighted by molar-refractivity contribution is 5.65. The van der Waals surface area contributed by atoms with E-state index in [4.69, 9.17) is 5.11 Å². The highest BCUT2D eigenvalue weighted by Gasteiger charge is 2.31. The highest BCUT2D eigenvalue weighted by Crippen LogP contribution is 2.26. The lowest BCUT2D eigenvalue weighted by Gasteiger charge is -2.18. The van der Waals surface area contributed by atoms with Gasteiger partial charge in [0, 0.05) is 0 Å². The van der Waals surface area contributed by atoms with Crippen molar-refractivity contribution < 1.29 is 41.3 Å². The molecule has 0 bridgehead atoms. The average molecular weight is 315 g/mol. The smallest absolute Gasteiger partial charge is 0.465 e. The summed E-state index contributed by atoms with van der Waals surface area (Å²) in [6.45, 7) is -3.89. The van der Waals surface area contributed by atoms with E-state index in [2.05, 4.69) is 9.47 Å². The van der Waals surface area contributed by atoms with Gasteiger partial charge in [0.05, 0.1) is 12.6 Å². The summed E-state index contributed by atoms with van der Waals surface area (Å²) < 4.78 is 67.8. The molecule has 0 radical (unpaired) electrons. The predicted octanol–water partition coefficient (Wildman–Crippen LogP) is 3.13. The van der Waals surface area contributed by atoms with Crippen molar-refractivity contribution in [2.75, 3.05) is 6.61 Å². The van der Waals surface area contributed by atoms with Gasteiger partial charge in [-0.05, 0) is 17.7 Å². The van der Waals surface area contributed by atoms with Crippen LogP contribution in [0.1, 0.15) is 11.6 Å². The van der Waals surface area contributed by atoms with Crippen LogP contribution in [0.2, 0.25) is 0 Å². The number of halogens is 5. The Labute approximate surface area is 115 Å². The number of carbonyl (C=O) groups is 1. The SMILES string of the molecule is O=C(O)NC(COC(F)F)c1cccc(OC(F)(F)F)c1. The Morgan fingerprint density at radius 1 is 1.33 bits per heavy atom. The number of rotatable bonds is 6. The predicted molar refractivity (Wildman–Crippen MR) is 59.0 cm³/mol. The molecule has 0 heterocycles. The highest BCUT2D eigenvalue weighted by atomic mass is 19.4. The third-order valence-corrected chi connectivity index (χ3v) is 2.18. The van der Waals surface area contributed by atoms with Gasteiger partial charge in [0.1, 0.15) is 5.75 Å². The second kappa shape index (κ2) is 7.07. The average Bonchev–Trinajstić information content (AvgIpc) is 2.32. The summed E-state index contributed by atoms with van der Waals surface area (Å²) in [5.41, 5.74) is -0.0141. The number of amides is 1. The van der Waals surface area contributed by atoms with E-state index in [0.717, 1.165) is 18.2 Å². The number of nitrogens with one attached hydrogen (secondary N) is 1. The van der Waals surface area contributed by atoms with E-state index in [0.29, 0.717) is 0 Å². The Morgan fingerprint density at radius 2 is 2.00 bits per heavy atom. The van der Waals surface area contributed by atoms with Crippen LogP contribution < -0.4 is 10.1 Å². The molecule has 0 spiro atoms. The van der Waals surface area contributed by atoms with Gasteiger partial charge in [0.15, 0.2) is 0 Å². The molecule has 1 aromatic rings. The standard InChI is InChI=1S/C11H10F5NO4/c12-9(13)20-5-8(17-10(18)19)6-2-1-3-7(4-6)21-11(14,15)16/h1-4,8-9,17H,5H2,(H,18,19). The van der Waals surface area contributed by atoms with Gasteiger partial charge in [-0.2, -0.15) is 8.78 Å². The summed E-state index contributed by atoms with van der Waals surface area (Å²) in [7, 11) is 0. The molecule has 1 rings (SSSR count). The van der Waals surface area contributed by atoms with Gasteiger partial charge in [-0.3, -0.25) is 0 Å². The Kier molecular flexibility index (Phi) is 5.70. The van der Waals surface area contributed by atoms with Crippen molar-refractivity contribution in [3.63, 3.8) is 0 Å². The van der Waals surface area contributed by atoms with E-state index in [9.17, 15) is 26.7 Å². The van der Waals surface area contributed by atoms with Crippen molar-refractivity contribution in [1.82, 2.24) is 5.32 Å². The first-order valence-electron chi connectivity index (χ1n) is 5.42. The van der Waals surface area contributed by atoms with Crippen LogP contribution in [0.4, 0.5) is 26.7 Å². The number of carboxylic acid groups (broad SMARTS) is 1. The largest absolute Gasteiger partial charge is 0.573 e. The second-order valence-corrected chi connectivity index (χ2v) is 3.72. The van der Waals surface area contributed by atoms with Crippen LogP contribution in [-0.4, -0.2) is 30.8 Å². The van der Waals surface area contributed by atoms with Crippen LogP contribution in [-0.2, 0) is 4.74 Å². The zero-order valence-corrected chi connectivity index (χ0v) is 10.2. The van der Waals surface area contributed by atoms with Gasteiger partial charge >= 0.3 is 19.1 Å². The number of benzene rings is 1. The van der Waals surface area contributed by atoms with Crippen LogP contribution in [0.5, 0.6) is 5.75 Å². The molecule has 0 saturated heterocycles. The number of ether oxygens (including phenoxy) is 2. The number of alkyl halides is 5. The fourth-order valence-corrected chi connectivity index (χ4v) is 1.47. The van der Waals surface area contributed by atoms with Gasteiger partial charge in [0.2, 0.25) is 0 Å². The molecule has 2 N–H and O–H groups in total.